The van der Waals surface area contributed by atoms with Crippen molar-refractivity contribution in [2.45, 2.75) is 19.9 Å². The Morgan fingerprint density at radius 3 is 1.68 bits per heavy atom. The van der Waals surface area contributed by atoms with Crippen LogP contribution < -0.4 is 15.7 Å². The van der Waals surface area contributed by atoms with E-state index in [4.69, 9.17) is 0 Å². The van der Waals surface area contributed by atoms with E-state index in [9.17, 15) is 14.5 Å². The van der Waals surface area contributed by atoms with Gasteiger partial charge in [-0.15, -0.1) is 0 Å². The van der Waals surface area contributed by atoms with E-state index in [0.29, 0.717) is 10.6 Å². The third-order valence-electron chi connectivity index (χ3n) is 3.49. The molecule has 0 heterocycles. The van der Waals surface area contributed by atoms with Crippen LogP contribution in [0.25, 0.3) is 0 Å². The van der Waals surface area contributed by atoms with Crippen LogP contribution in [0.2, 0.25) is 0 Å². The predicted octanol–water partition coefficient (Wildman–Crippen LogP) is 2.61. The molecular formula is C17H20NO3P. The smallest absolute Gasteiger partial charge is 0.321 e. The number of carboxylic acid groups (broad SMARTS) is 1. The molecule has 0 amide bonds. The highest BCUT2D eigenvalue weighted by Crippen LogP contribution is 2.39. The lowest BCUT2D eigenvalue weighted by molar-refractivity contribution is -0.140. The Morgan fingerprint density at radius 2 is 1.36 bits per heavy atom. The van der Waals surface area contributed by atoms with Gasteiger partial charge in [-0.05, 0) is 30.2 Å². The zero-order valence-electron chi connectivity index (χ0n) is 12.6. The quantitative estimate of drug-likeness (QED) is 0.804. The number of hydrogen-bond acceptors (Lipinski definition) is 2. The molecule has 22 heavy (non-hydrogen) atoms. The van der Waals surface area contributed by atoms with Crippen molar-refractivity contribution < 1.29 is 14.5 Å². The molecule has 116 valence electrons. The molecule has 4 nitrogen and oxygen atoms in total. The van der Waals surface area contributed by atoms with E-state index in [1.807, 2.05) is 12.1 Å². The molecule has 2 N–H and O–H groups in total. The fourth-order valence-corrected chi connectivity index (χ4v) is 4.84. The van der Waals surface area contributed by atoms with Crippen LogP contribution in [0.1, 0.15) is 13.8 Å². The van der Waals surface area contributed by atoms with Gasteiger partial charge in [0.25, 0.3) is 0 Å². The summed E-state index contributed by atoms with van der Waals surface area (Å²) in [6.45, 7) is 3.60. The Balaban J connectivity index is 2.52. The minimum atomic E-state index is -3.22. The molecule has 0 fully saturated rings. The first-order chi connectivity index (χ1) is 10.4. The molecule has 0 bridgehead atoms. The molecule has 0 aliphatic heterocycles. The molecular weight excluding hydrogens is 297 g/mol. The van der Waals surface area contributed by atoms with Crippen molar-refractivity contribution in [2.24, 2.45) is 5.92 Å². The highest BCUT2D eigenvalue weighted by Gasteiger charge is 2.34. The van der Waals surface area contributed by atoms with Gasteiger partial charge < -0.3 is 5.11 Å². The van der Waals surface area contributed by atoms with Crippen molar-refractivity contribution in [3.05, 3.63) is 60.7 Å². The minimum Gasteiger partial charge on any atom is -0.480 e. The van der Waals surface area contributed by atoms with Gasteiger partial charge in [0.2, 0.25) is 7.29 Å². The highest BCUT2D eigenvalue weighted by molar-refractivity contribution is 7.77. The monoisotopic (exact) mass is 317 g/mol. The van der Waals surface area contributed by atoms with Crippen LogP contribution in [0.4, 0.5) is 0 Å². The van der Waals surface area contributed by atoms with Crippen molar-refractivity contribution in [3.63, 3.8) is 0 Å². The molecule has 0 aromatic heterocycles. The van der Waals surface area contributed by atoms with E-state index in [0.717, 1.165) is 0 Å². The van der Waals surface area contributed by atoms with Gasteiger partial charge in [0, 0.05) is 10.6 Å². The Morgan fingerprint density at radius 1 is 0.955 bits per heavy atom. The van der Waals surface area contributed by atoms with Crippen molar-refractivity contribution >= 4 is 23.9 Å². The van der Waals surface area contributed by atoms with E-state index in [1.54, 1.807) is 62.4 Å². The number of rotatable bonds is 6. The van der Waals surface area contributed by atoms with E-state index >= 15 is 0 Å². The lowest BCUT2D eigenvalue weighted by Gasteiger charge is -2.26. The largest absolute Gasteiger partial charge is 0.480 e. The summed E-state index contributed by atoms with van der Waals surface area (Å²) in [5, 5.41) is 13.5. The third-order valence-corrected chi connectivity index (χ3v) is 6.19. The van der Waals surface area contributed by atoms with Crippen molar-refractivity contribution in [1.29, 1.82) is 0 Å². The number of carbonyl (C=O) groups is 1. The number of carboxylic acids is 1. The fourth-order valence-electron chi connectivity index (χ4n) is 2.26. The molecule has 2 aromatic rings. The van der Waals surface area contributed by atoms with Gasteiger partial charge >= 0.3 is 5.97 Å². The maximum atomic E-state index is 13.7. The van der Waals surface area contributed by atoms with Gasteiger partial charge in [-0.25, -0.2) is 5.09 Å². The molecule has 0 saturated heterocycles. The second kappa shape index (κ2) is 6.91. The molecule has 0 saturated carbocycles. The van der Waals surface area contributed by atoms with Crippen LogP contribution >= 0.6 is 7.29 Å². The molecule has 1 unspecified atom stereocenters. The summed E-state index contributed by atoms with van der Waals surface area (Å²) in [5.74, 6) is -1.18. The van der Waals surface area contributed by atoms with Gasteiger partial charge in [0.1, 0.15) is 6.04 Å². The summed E-state index contributed by atoms with van der Waals surface area (Å²) < 4.78 is 13.7. The summed E-state index contributed by atoms with van der Waals surface area (Å²) >= 11 is 0. The Bertz CT molecular complexity index is 627. The first kappa shape index (κ1) is 16.5. The molecule has 2 aromatic carbocycles. The molecule has 0 aliphatic carbocycles. The maximum Gasteiger partial charge on any atom is 0.321 e. The molecule has 0 aliphatic rings. The molecule has 1 atom stereocenters. The summed E-state index contributed by atoms with van der Waals surface area (Å²) in [6, 6.07) is 17.1. The zero-order valence-corrected chi connectivity index (χ0v) is 13.5. The highest BCUT2D eigenvalue weighted by atomic mass is 31.2. The number of benzene rings is 2. The van der Waals surface area contributed by atoms with E-state index in [-0.39, 0.29) is 5.92 Å². The second-order valence-electron chi connectivity index (χ2n) is 5.47. The van der Waals surface area contributed by atoms with Crippen LogP contribution in [0.5, 0.6) is 0 Å². The predicted molar refractivity (Wildman–Crippen MR) is 89.2 cm³/mol. The van der Waals surface area contributed by atoms with E-state index in [1.165, 1.54) is 0 Å². The lowest BCUT2D eigenvalue weighted by Crippen LogP contribution is -2.43. The molecule has 2 rings (SSSR count). The summed E-state index contributed by atoms with van der Waals surface area (Å²) in [6.07, 6.45) is 0. The maximum absolute atomic E-state index is 13.7. The zero-order chi connectivity index (χ0) is 16.2. The third kappa shape index (κ3) is 3.46. The summed E-state index contributed by atoms with van der Waals surface area (Å²) in [4.78, 5) is 11.5. The molecule has 5 heteroatoms. The minimum absolute atomic E-state index is 0.182. The van der Waals surface area contributed by atoms with Crippen molar-refractivity contribution in [3.8, 4) is 0 Å². The second-order valence-corrected chi connectivity index (χ2v) is 7.98. The molecule has 0 spiro atoms. The van der Waals surface area contributed by atoms with Crippen molar-refractivity contribution in [1.82, 2.24) is 5.09 Å². The Labute approximate surface area is 130 Å². The first-order valence-corrected chi connectivity index (χ1v) is 8.87. The van der Waals surface area contributed by atoms with Gasteiger partial charge in [0.05, 0.1) is 0 Å². The van der Waals surface area contributed by atoms with Crippen LogP contribution in [-0.4, -0.2) is 17.1 Å². The van der Waals surface area contributed by atoms with Crippen LogP contribution in [0.15, 0.2) is 60.7 Å². The SMILES string of the molecule is CC(C)C(NP(=O)(c1ccccc1)c1ccccc1)C(=O)O. The number of hydrogen-bond donors (Lipinski definition) is 2. The van der Waals surface area contributed by atoms with E-state index < -0.39 is 19.3 Å². The topological polar surface area (TPSA) is 66.4 Å². The standard InChI is InChI=1S/C17H20NO3P/c1-13(2)16(17(19)20)18-22(21,14-9-5-3-6-10-14)15-11-7-4-8-12-15/h3-13,16H,1-2H3,(H,18,21)(H,19,20). The normalized spacial score (nSPS) is 13.0. The van der Waals surface area contributed by atoms with Crippen LogP contribution in [0, 0.1) is 5.92 Å². The summed E-state index contributed by atoms with van der Waals surface area (Å²) in [5.41, 5.74) is 0. The lowest BCUT2D eigenvalue weighted by atomic mass is 10.1. The van der Waals surface area contributed by atoms with Gasteiger partial charge in [-0.3, -0.25) is 9.36 Å². The van der Waals surface area contributed by atoms with E-state index in [2.05, 4.69) is 5.09 Å². The number of aliphatic carboxylic acids is 1. The Hall–Kier alpha value is -1.90. The van der Waals surface area contributed by atoms with Crippen LogP contribution in [0.3, 0.4) is 0 Å². The summed E-state index contributed by atoms with van der Waals surface area (Å²) in [7, 11) is -3.22. The van der Waals surface area contributed by atoms with Gasteiger partial charge in [-0.1, -0.05) is 50.2 Å². The van der Waals surface area contributed by atoms with Gasteiger partial charge in [0.15, 0.2) is 0 Å². The first-order valence-electron chi connectivity index (χ1n) is 7.17. The van der Waals surface area contributed by atoms with Crippen LogP contribution in [-0.2, 0) is 9.36 Å². The van der Waals surface area contributed by atoms with Gasteiger partial charge in [-0.2, -0.15) is 0 Å². The van der Waals surface area contributed by atoms with Crippen molar-refractivity contribution in [2.75, 3.05) is 0 Å². The average molecular weight is 317 g/mol. The fraction of sp³-hybridized carbons (Fsp3) is 0.235. The molecule has 0 radical (unpaired) electrons. The Kier molecular flexibility index (Phi) is 5.17. The number of nitrogens with one attached hydrogen (secondary N) is 1. The average Bonchev–Trinajstić information content (AvgIpc) is 2.53.